The highest BCUT2D eigenvalue weighted by atomic mass is 19.1. The predicted molar refractivity (Wildman–Crippen MR) is 67.3 cm³/mol. The Labute approximate surface area is 118 Å². The number of benzene rings is 1. The van der Waals surface area contributed by atoms with Gasteiger partial charge in [-0.2, -0.15) is 9.65 Å². The number of nitro benzene ring substituents is 1. The molecule has 6 nitrogen and oxygen atoms in total. The van der Waals surface area contributed by atoms with Crippen LogP contribution in [0.4, 0.5) is 14.5 Å². The molecule has 0 saturated carbocycles. The maximum Gasteiger partial charge on any atom is 0.308 e. The number of likely N-dealkylation sites (tertiary alicyclic amines) is 1. The van der Waals surface area contributed by atoms with Gasteiger partial charge in [-0.3, -0.25) is 14.9 Å². The van der Waals surface area contributed by atoms with Crippen molar-refractivity contribution in [1.29, 1.82) is 5.26 Å². The van der Waals surface area contributed by atoms with E-state index in [2.05, 4.69) is 6.07 Å². The lowest BCUT2D eigenvalue weighted by Gasteiger charge is -2.29. The second-order valence-electron chi connectivity index (χ2n) is 4.74. The van der Waals surface area contributed by atoms with E-state index in [9.17, 15) is 23.7 Å². The van der Waals surface area contributed by atoms with Gasteiger partial charge in [0.2, 0.25) is 5.82 Å². The van der Waals surface area contributed by atoms with Crippen molar-refractivity contribution in [3.63, 3.8) is 0 Å². The van der Waals surface area contributed by atoms with Crippen molar-refractivity contribution < 1.29 is 18.5 Å². The van der Waals surface area contributed by atoms with Crippen molar-refractivity contribution in [1.82, 2.24) is 4.90 Å². The molecule has 0 spiro atoms. The van der Waals surface area contributed by atoms with Crippen molar-refractivity contribution in [3.8, 4) is 6.07 Å². The molecule has 1 aliphatic heterocycles. The van der Waals surface area contributed by atoms with Gasteiger partial charge in [0.25, 0.3) is 5.91 Å². The van der Waals surface area contributed by atoms with E-state index in [0.29, 0.717) is 25.0 Å². The smallest absolute Gasteiger partial charge is 0.308 e. The van der Waals surface area contributed by atoms with Crippen LogP contribution in [0.2, 0.25) is 0 Å². The minimum absolute atomic E-state index is 0.166. The van der Waals surface area contributed by atoms with Crippen LogP contribution in [0.3, 0.4) is 0 Å². The average molecular weight is 295 g/mol. The number of amides is 1. The van der Waals surface area contributed by atoms with Crippen LogP contribution in [0.5, 0.6) is 0 Å². The second-order valence-corrected chi connectivity index (χ2v) is 4.74. The summed E-state index contributed by atoms with van der Waals surface area (Å²) in [4.78, 5) is 23.0. The first-order valence-electron chi connectivity index (χ1n) is 6.26. The highest BCUT2D eigenvalue weighted by molar-refractivity contribution is 5.95. The molecule has 0 radical (unpaired) electrons. The summed E-state index contributed by atoms with van der Waals surface area (Å²) in [7, 11) is 0. The molecular weight excluding hydrogens is 284 g/mol. The largest absolute Gasteiger partial charge is 0.338 e. The molecule has 1 aromatic rings. The van der Waals surface area contributed by atoms with E-state index >= 15 is 0 Å². The summed E-state index contributed by atoms with van der Waals surface area (Å²) >= 11 is 0. The van der Waals surface area contributed by atoms with Gasteiger partial charge in [-0.15, -0.1) is 0 Å². The Balaban J connectivity index is 2.28. The van der Waals surface area contributed by atoms with Crippen molar-refractivity contribution in [2.45, 2.75) is 12.8 Å². The molecular formula is C13H11F2N3O3. The van der Waals surface area contributed by atoms with Gasteiger partial charge >= 0.3 is 5.69 Å². The van der Waals surface area contributed by atoms with Crippen LogP contribution in [0.1, 0.15) is 23.2 Å². The van der Waals surface area contributed by atoms with E-state index in [4.69, 9.17) is 5.26 Å². The number of hydrogen-bond acceptors (Lipinski definition) is 4. The molecule has 0 aromatic heterocycles. The second kappa shape index (κ2) is 5.83. The van der Waals surface area contributed by atoms with Crippen LogP contribution >= 0.6 is 0 Å². The number of nitro groups is 1. The number of rotatable bonds is 2. The van der Waals surface area contributed by atoms with Crippen molar-refractivity contribution in [2.75, 3.05) is 13.1 Å². The number of piperidine rings is 1. The van der Waals surface area contributed by atoms with E-state index < -0.39 is 33.7 Å². The third-order valence-electron chi connectivity index (χ3n) is 3.41. The molecule has 8 heteroatoms. The quantitative estimate of drug-likeness (QED) is 0.618. The number of carbonyl (C=O) groups is 1. The van der Waals surface area contributed by atoms with E-state index in [1.807, 2.05) is 0 Å². The predicted octanol–water partition coefficient (Wildman–Crippen LogP) is 2.25. The van der Waals surface area contributed by atoms with Crippen LogP contribution in [0.25, 0.3) is 0 Å². The first-order valence-corrected chi connectivity index (χ1v) is 6.26. The first kappa shape index (κ1) is 14.8. The van der Waals surface area contributed by atoms with Crippen molar-refractivity contribution in [2.24, 2.45) is 5.92 Å². The molecule has 1 aromatic carbocycles. The van der Waals surface area contributed by atoms with Crippen LogP contribution in [-0.4, -0.2) is 28.8 Å². The minimum Gasteiger partial charge on any atom is -0.338 e. The van der Waals surface area contributed by atoms with Gasteiger partial charge in [-0.25, -0.2) is 4.39 Å². The Morgan fingerprint density at radius 3 is 2.52 bits per heavy atom. The number of nitriles is 1. The maximum absolute atomic E-state index is 13.9. The molecule has 1 amide bonds. The number of carbonyl (C=O) groups excluding carboxylic acids is 1. The van der Waals surface area contributed by atoms with E-state index in [-0.39, 0.29) is 19.0 Å². The fourth-order valence-electron chi connectivity index (χ4n) is 2.25. The molecule has 1 heterocycles. The summed E-state index contributed by atoms with van der Waals surface area (Å²) in [5, 5.41) is 19.4. The molecule has 1 fully saturated rings. The summed E-state index contributed by atoms with van der Waals surface area (Å²) < 4.78 is 27.3. The zero-order valence-electron chi connectivity index (χ0n) is 10.9. The Bertz CT molecular complexity index is 634. The SMILES string of the molecule is N#CC1CCN(C(=O)c2cc(F)cc([N+](=O)[O-])c2F)CC1. The number of hydrogen-bond donors (Lipinski definition) is 0. The Morgan fingerprint density at radius 2 is 2.00 bits per heavy atom. The van der Waals surface area contributed by atoms with Gasteiger partial charge in [0.1, 0.15) is 5.82 Å². The van der Waals surface area contributed by atoms with Gasteiger partial charge in [0.15, 0.2) is 0 Å². The zero-order chi connectivity index (χ0) is 15.6. The Kier molecular flexibility index (Phi) is 4.12. The monoisotopic (exact) mass is 295 g/mol. The summed E-state index contributed by atoms with van der Waals surface area (Å²) in [6, 6.07) is 3.18. The van der Waals surface area contributed by atoms with E-state index in [1.165, 1.54) is 4.90 Å². The summed E-state index contributed by atoms with van der Waals surface area (Å²) in [5.41, 5.74) is -1.72. The molecule has 21 heavy (non-hydrogen) atoms. The topological polar surface area (TPSA) is 87.2 Å². The number of halogens is 2. The van der Waals surface area contributed by atoms with E-state index in [0.717, 1.165) is 0 Å². The molecule has 0 bridgehead atoms. The number of nitrogens with zero attached hydrogens (tertiary/aromatic N) is 3. The Morgan fingerprint density at radius 1 is 1.38 bits per heavy atom. The molecule has 0 unspecified atom stereocenters. The minimum atomic E-state index is -1.34. The molecule has 2 rings (SSSR count). The molecule has 1 saturated heterocycles. The van der Waals surface area contributed by atoms with Gasteiger partial charge in [-0.05, 0) is 18.9 Å². The van der Waals surface area contributed by atoms with Crippen molar-refractivity contribution in [3.05, 3.63) is 39.4 Å². The summed E-state index contributed by atoms with van der Waals surface area (Å²) in [6.07, 6.45) is 0.891. The lowest BCUT2D eigenvalue weighted by Crippen LogP contribution is -2.38. The standard InChI is InChI=1S/C13H11F2N3O3/c14-9-5-10(12(15)11(6-9)18(20)21)13(19)17-3-1-8(7-16)2-4-17/h5-6,8H,1-4H2. The first-order chi connectivity index (χ1) is 9.93. The normalized spacial score (nSPS) is 15.6. The fourth-order valence-corrected chi connectivity index (χ4v) is 2.25. The van der Waals surface area contributed by atoms with Gasteiger partial charge in [0.05, 0.1) is 22.6 Å². The van der Waals surface area contributed by atoms with Crippen molar-refractivity contribution >= 4 is 11.6 Å². The molecule has 0 aliphatic carbocycles. The highest BCUT2D eigenvalue weighted by Gasteiger charge is 2.29. The maximum atomic E-state index is 13.9. The molecule has 110 valence electrons. The molecule has 0 atom stereocenters. The van der Waals surface area contributed by atoms with Crippen LogP contribution in [0.15, 0.2) is 12.1 Å². The van der Waals surface area contributed by atoms with E-state index in [1.54, 1.807) is 0 Å². The Hall–Kier alpha value is -2.56. The third-order valence-corrected chi connectivity index (χ3v) is 3.41. The molecule has 1 aliphatic rings. The van der Waals surface area contributed by atoms with Gasteiger partial charge in [0, 0.05) is 19.0 Å². The van der Waals surface area contributed by atoms with Crippen LogP contribution < -0.4 is 0 Å². The average Bonchev–Trinajstić information content (AvgIpc) is 2.48. The summed E-state index contributed by atoms with van der Waals surface area (Å²) in [5.74, 6) is -3.35. The van der Waals surface area contributed by atoms with Crippen LogP contribution in [-0.2, 0) is 0 Å². The van der Waals surface area contributed by atoms with Gasteiger partial charge in [-0.1, -0.05) is 0 Å². The fraction of sp³-hybridized carbons (Fsp3) is 0.385. The summed E-state index contributed by atoms with van der Waals surface area (Å²) in [6.45, 7) is 0.474. The van der Waals surface area contributed by atoms with Crippen LogP contribution in [0, 0.1) is 39.0 Å². The molecule has 0 N–H and O–H groups in total. The third kappa shape index (κ3) is 2.97. The highest BCUT2D eigenvalue weighted by Crippen LogP contribution is 2.25. The lowest BCUT2D eigenvalue weighted by atomic mass is 9.98. The van der Waals surface area contributed by atoms with Gasteiger partial charge < -0.3 is 4.90 Å². The zero-order valence-corrected chi connectivity index (χ0v) is 10.9. The lowest BCUT2D eigenvalue weighted by molar-refractivity contribution is -0.387.